The molecule has 0 spiro atoms. The second-order valence-electron chi connectivity index (χ2n) is 5.28. The van der Waals surface area contributed by atoms with E-state index in [0.29, 0.717) is 6.04 Å². The molecule has 4 nitrogen and oxygen atoms in total. The van der Waals surface area contributed by atoms with Gasteiger partial charge in [0.15, 0.2) is 0 Å². The smallest absolute Gasteiger partial charge is 0.141 e. The van der Waals surface area contributed by atoms with Gasteiger partial charge in [-0.15, -0.1) is 0 Å². The minimum absolute atomic E-state index is 0.384. The summed E-state index contributed by atoms with van der Waals surface area (Å²) in [5, 5.41) is 7.65. The molecule has 1 heterocycles. The van der Waals surface area contributed by atoms with Gasteiger partial charge in [0.05, 0.1) is 6.54 Å². The number of hydrogen-bond donors (Lipinski definition) is 1. The zero-order chi connectivity index (χ0) is 12.7. The summed E-state index contributed by atoms with van der Waals surface area (Å²) in [6.45, 7) is 10.7. The zero-order valence-corrected chi connectivity index (χ0v) is 11.6. The highest BCUT2D eigenvalue weighted by atomic mass is 15.3. The van der Waals surface area contributed by atoms with Crippen LogP contribution < -0.4 is 5.32 Å². The van der Waals surface area contributed by atoms with Crippen LogP contribution in [0.4, 0.5) is 0 Å². The third-order valence-corrected chi connectivity index (χ3v) is 2.80. The SMILES string of the molecule is CC(C)CCCCNCc1ncnn1C(C)C. The molecular formula is C13H26N4. The topological polar surface area (TPSA) is 42.7 Å². The van der Waals surface area contributed by atoms with Gasteiger partial charge in [0.2, 0.25) is 0 Å². The highest BCUT2D eigenvalue weighted by Crippen LogP contribution is 2.06. The molecule has 0 fully saturated rings. The first kappa shape index (κ1) is 14.2. The number of hydrogen-bond acceptors (Lipinski definition) is 3. The minimum atomic E-state index is 0.384. The van der Waals surface area contributed by atoms with E-state index in [4.69, 9.17) is 0 Å². The molecular weight excluding hydrogens is 212 g/mol. The summed E-state index contributed by atoms with van der Waals surface area (Å²) in [5.41, 5.74) is 0. The molecule has 0 aliphatic heterocycles. The van der Waals surface area contributed by atoms with E-state index in [9.17, 15) is 0 Å². The lowest BCUT2D eigenvalue weighted by Gasteiger charge is -2.10. The predicted molar refractivity (Wildman–Crippen MR) is 70.8 cm³/mol. The minimum Gasteiger partial charge on any atom is -0.310 e. The highest BCUT2D eigenvalue weighted by Gasteiger charge is 2.06. The molecule has 1 N–H and O–H groups in total. The fraction of sp³-hybridized carbons (Fsp3) is 0.846. The molecule has 0 aliphatic carbocycles. The monoisotopic (exact) mass is 238 g/mol. The summed E-state index contributed by atoms with van der Waals surface area (Å²) in [5.74, 6) is 1.85. The van der Waals surface area contributed by atoms with Crippen molar-refractivity contribution in [1.29, 1.82) is 0 Å². The number of rotatable bonds is 8. The van der Waals surface area contributed by atoms with Gasteiger partial charge in [-0.25, -0.2) is 9.67 Å². The second kappa shape index (κ2) is 7.43. The van der Waals surface area contributed by atoms with Gasteiger partial charge < -0.3 is 5.32 Å². The van der Waals surface area contributed by atoms with E-state index in [-0.39, 0.29) is 0 Å². The predicted octanol–water partition coefficient (Wildman–Crippen LogP) is 2.77. The molecule has 0 saturated carbocycles. The van der Waals surface area contributed by atoms with Crippen molar-refractivity contribution in [2.24, 2.45) is 5.92 Å². The lowest BCUT2D eigenvalue weighted by Crippen LogP contribution is -2.19. The number of unbranched alkanes of at least 4 members (excludes halogenated alkanes) is 1. The summed E-state index contributed by atoms with van der Waals surface area (Å²) in [6, 6.07) is 0.384. The van der Waals surface area contributed by atoms with E-state index in [2.05, 4.69) is 43.1 Å². The highest BCUT2D eigenvalue weighted by molar-refractivity contribution is 4.85. The van der Waals surface area contributed by atoms with Crippen LogP contribution in [0.5, 0.6) is 0 Å². The van der Waals surface area contributed by atoms with Crippen molar-refractivity contribution < 1.29 is 0 Å². The maximum absolute atomic E-state index is 4.27. The fourth-order valence-electron chi connectivity index (χ4n) is 1.83. The molecule has 0 aromatic carbocycles. The number of nitrogens with zero attached hydrogens (tertiary/aromatic N) is 3. The lowest BCUT2D eigenvalue weighted by molar-refractivity contribution is 0.480. The molecule has 1 rings (SSSR count). The van der Waals surface area contributed by atoms with Gasteiger partial charge in [-0.2, -0.15) is 5.10 Å². The van der Waals surface area contributed by atoms with Crippen molar-refractivity contribution in [2.75, 3.05) is 6.54 Å². The van der Waals surface area contributed by atoms with Crippen LogP contribution in [0.25, 0.3) is 0 Å². The Balaban J connectivity index is 2.16. The summed E-state index contributed by atoms with van der Waals surface area (Å²) in [4.78, 5) is 4.27. The van der Waals surface area contributed by atoms with Gasteiger partial charge in [-0.1, -0.05) is 26.7 Å². The average Bonchev–Trinajstić information content (AvgIpc) is 2.71. The Morgan fingerprint density at radius 1 is 1.24 bits per heavy atom. The summed E-state index contributed by atoms with van der Waals surface area (Å²) in [6.07, 6.45) is 5.51. The molecule has 0 aliphatic rings. The van der Waals surface area contributed by atoms with Crippen LogP contribution in [-0.4, -0.2) is 21.3 Å². The van der Waals surface area contributed by atoms with Crippen LogP contribution in [0.15, 0.2) is 6.33 Å². The first-order valence-electron chi connectivity index (χ1n) is 6.70. The Morgan fingerprint density at radius 2 is 2.00 bits per heavy atom. The molecule has 0 bridgehead atoms. The van der Waals surface area contributed by atoms with Crippen LogP contribution in [0.2, 0.25) is 0 Å². The van der Waals surface area contributed by atoms with E-state index >= 15 is 0 Å². The van der Waals surface area contributed by atoms with Crippen LogP contribution in [0.3, 0.4) is 0 Å². The van der Waals surface area contributed by atoms with Crippen LogP contribution in [0, 0.1) is 5.92 Å². The Hall–Kier alpha value is -0.900. The van der Waals surface area contributed by atoms with Gasteiger partial charge in [0.1, 0.15) is 12.2 Å². The second-order valence-corrected chi connectivity index (χ2v) is 5.28. The standard InChI is InChI=1S/C13H26N4/c1-11(2)7-5-6-8-14-9-13-15-10-16-17(13)12(3)4/h10-12,14H,5-9H2,1-4H3. The van der Waals surface area contributed by atoms with Crippen molar-refractivity contribution in [3.8, 4) is 0 Å². The van der Waals surface area contributed by atoms with Gasteiger partial charge in [-0.3, -0.25) is 0 Å². The molecule has 98 valence electrons. The summed E-state index contributed by atoms with van der Waals surface area (Å²) < 4.78 is 1.97. The lowest BCUT2D eigenvalue weighted by atomic mass is 10.1. The normalized spacial score (nSPS) is 11.6. The summed E-state index contributed by atoms with van der Waals surface area (Å²) >= 11 is 0. The number of nitrogens with one attached hydrogen (secondary N) is 1. The van der Waals surface area contributed by atoms with E-state index in [1.807, 2.05) is 4.68 Å². The first-order valence-corrected chi connectivity index (χ1v) is 6.70. The third kappa shape index (κ3) is 5.31. The van der Waals surface area contributed by atoms with Crippen LogP contribution in [0.1, 0.15) is 58.8 Å². The number of aromatic nitrogens is 3. The molecule has 0 atom stereocenters. The van der Waals surface area contributed by atoms with Gasteiger partial charge >= 0.3 is 0 Å². The summed E-state index contributed by atoms with van der Waals surface area (Å²) in [7, 11) is 0. The molecule has 4 heteroatoms. The third-order valence-electron chi connectivity index (χ3n) is 2.80. The molecule has 1 aromatic rings. The van der Waals surface area contributed by atoms with Crippen LogP contribution in [-0.2, 0) is 6.54 Å². The van der Waals surface area contributed by atoms with Crippen molar-refractivity contribution in [1.82, 2.24) is 20.1 Å². The van der Waals surface area contributed by atoms with E-state index in [0.717, 1.165) is 24.8 Å². The Bertz CT molecular complexity index is 304. The van der Waals surface area contributed by atoms with Crippen molar-refractivity contribution in [2.45, 2.75) is 59.5 Å². The van der Waals surface area contributed by atoms with Crippen LogP contribution >= 0.6 is 0 Å². The van der Waals surface area contributed by atoms with Gasteiger partial charge in [0, 0.05) is 6.04 Å². The maximum atomic E-state index is 4.27. The van der Waals surface area contributed by atoms with E-state index in [1.54, 1.807) is 6.33 Å². The molecule has 0 amide bonds. The van der Waals surface area contributed by atoms with Gasteiger partial charge in [0.25, 0.3) is 0 Å². The zero-order valence-electron chi connectivity index (χ0n) is 11.6. The largest absolute Gasteiger partial charge is 0.310 e. The van der Waals surface area contributed by atoms with Crippen molar-refractivity contribution >= 4 is 0 Å². The molecule has 0 saturated heterocycles. The van der Waals surface area contributed by atoms with Crippen molar-refractivity contribution in [3.63, 3.8) is 0 Å². The molecule has 0 radical (unpaired) electrons. The van der Waals surface area contributed by atoms with E-state index < -0.39 is 0 Å². The van der Waals surface area contributed by atoms with E-state index in [1.165, 1.54) is 19.3 Å². The Kier molecular flexibility index (Phi) is 6.19. The quantitative estimate of drug-likeness (QED) is 0.708. The Morgan fingerprint density at radius 3 is 2.65 bits per heavy atom. The fourth-order valence-corrected chi connectivity index (χ4v) is 1.83. The van der Waals surface area contributed by atoms with Gasteiger partial charge in [-0.05, 0) is 32.7 Å². The first-order chi connectivity index (χ1) is 8.11. The average molecular weight is 238 g/mol. The Labute approximate surface area is 105 Å². The molecule has 0 unspecified atom stereocenters. The molecule has 1 aromatic heterocycles. The maximum Gasteiger partial charge on any atom is 0.141 e. The molecule has 17 heavy (non-hydrogen) atoms. The van der Waals surface area contributed by atoms with Crippen molar-refractivity contribution in [3.05, 3.63) is 12.2 Å².